The Hall–Kier alpha value is -0.330. The maximum absolute atomic E-state index is 11.9. The molecule has 2 aliphatic carbocycles. The molecule has 0 aromatic heterocycles. The van der Waals surface area contributed by atoms with Crippen molar-refractivity contribution in [3.05, 3.63) is 0 Å². The average molecular weight is 222 g/mol. The van der Waals surface area contributed by atoms with Gasteiger partial charge in [0.25, 0.3) is 0 Å². The molecule has 1 heteroatoms. The molecule has 92 valence electrons. The van der Waals surface area contributed by atoms with Crippen molar-refractivity contribution in [2.75, 3.05) is 0 Å². The van der Waals surface area contributed by atoms with Gasteiger partial charge in [0.15, 0.2) is 0 Å². The third-order valence-electron chi connectivity index (χ3n) is 4.48. The maximum atomic E-state index is 11.9. The third-order valence-corrected chi connectivity index (χ3v) is 4.48. The van der Waals surface area contributed by atoms with Crippen LogP contribution >= 0.6 is 0 Å². The summed E-state index contributed by atoms with van der Waals surface area (Å²) in [5, 5.41) is 0. The highest BCUT2D eigenvalue weighted by molar-refractivity contribution is 5.81. The van der Waals surface area contributed by atoms with E-state index in [1.54, 1.807) is 0 Å². The van der Waals surface area contributed by atoms with E-state index < -0.39 is 0 Å². The van der Waals surface area contributed by atoms with E-state index in [4.69, 9.17) is 0 Å². The van der Waals surface area contributed by atoms with Gasteiger partial charge >= 0.3 is 0 Å². The van der Waals surface area contributed by atoms with Crippen molar-refractivity contribution in [3.8, 4) is 0 Å². The lowest BCUT2D eigenvalue weighted by Gasteiger charge is -2.09. The highest BCUT2D eigenvalue weighted by atomic mass is 16.1. The van der Waals surface area contributed by atoms with E-state index in [9.17, 15) is 4.79 Å². The predicted molar refractivity (Wildman–Crippen MR) is 67.3 cm³/mol. The van der Waals surface area contributed by atoms with Crippen molar-refractivity contribution in [1.29, 1.82) is 0 Å². The minimum absolute atomic E-state index is 0.472. The zero-order valence-corrected chi connectivity index (χ0v) is 10.7. The maximum Gasteiger partial charge on any atom is 0.135 e. The molecule has 0 N–H and O–H groups in total. The second kappa shape index (κ2) is 5.84. The van der Waals surface area contributed by atoms with E-state index in [0.29, 0.717) is 11.7 Å². The Morgan fingerprint density at radius 1 is 0.938 bits per heavy atom. The summed E-state index contributed by atoms with van der Waals surface area (Å²) in [4.78, 5) is 11.9. The van der Waals surface area contributed by atoms with Crippen LogP contribution < -0.4 is 0 Å². The van der Waals surface area contributed by atoms with Crippen molar-refractivity contribution in [2.24, 2.45) is 17.8 Å². The van der Waals surface area contributed by atoms with Gasteiger partial charge in [-0.25, -0.2) is 0 Å². The van der Waals surface area contributed by atoms with Crippen LogP contribution in [-0.4, -0.2) is 5.78 Å². The molecule has 2 saturated carbocycles. The van der Waals surface area contributed by atoms with Gasteiger partial charge < -0.3 is 0 Å². The number of carbonyl (C=O) groups is 1. The molecule has 2 rings (SSSR count). The second-order valence-corrected chi connectivity index (χ2v) is 5.91. The summed E-state index contributed by atoms with van der Waals surface area (Å²) < 4.78 is 0. The van der Waals surface area contributed by atoms with Gasteiger partial charge in [0.1, 0.15) is 5.78 Å². The first-order valence-electron chi connectivity index (χ1n) is 7.34. The molecule has 2 fully saturated rings. The normalized spacial score (nSPS) is 31.4. The van der Waals surface area contributed by atoms with Crippen molar-refractivity contribution in [2.45, 2.75) is 71.1 Å². The van der Waals surface area contributed by atoms with Crippen LogP contribution in [0.1, 0.15) is 71.1 Å². The highest BCUT2D eigenvalue weighted by Gasteiger charge is 2.47. The van der Waals surface area contributed by atoms with Crippen molar-refractivity contribution < 1.29 is 4.79 Å². The average Bonchev–Trinajstić information content (AvgIpc) is 2.90. The monoisotopic (exact) mass is 222 g/mol. The summed E-state index contributed by atoms with van der Waals surface area (Å²) in [6.45, 7) is 2.24. The van der Waals surface area contributed by atoms with Crippen LogP contribution in [0.2, 0.25) is 0 Å². The molecule has 0 amide bonds. The Bertz CT molecular complexity index is 224. The van der Waals surface area contributed by atoms with Crippen molar-refractivity contribution >= 4 is 5.78 Å². The fourth-order valence-electron chi connectivity index (χ4n) is 3.26. The van der Waals surface area contributed by atoms with Gasteiger partial charge in [0, 0.05) is 12.3 Å². The fourth-order valence-corrected chi connectivity index (χ4v) is 3.26. The Kier molecular flexibility index (Phi) is 4.43. The molecule has 0 saturated heterocycles. The van der Waals surface area contributed by atoms with E-state index in [0.717, 1.165) is 24.7 Å². The highest BCUT2D eigenvalue weighted by Crippen LogP contribution is 2.54. The van der Waals surface area contributed by atoms with Crippen molar-refractivity contribution in [1.82, 2.24) is 0 Å². The lowest BCUT2D eigenvalue weighted by molar-refractivity contribution is -0.123. The zero-order valence-electron chi connectivity index (χ0n) is 10.7. The molecular formula is C15H26O. The van der Waals surface area contributed by atoms with E-state index >= 15 is 0 Å². The molecule has 0 heterocycles. The van der Waals surface area contributed by atoms with E-state index in [1.165, 1.54) is 51.4 Å². The summed E-state index contributed by atoms with van der Waals surface area (Å²) in [6, 6.07) is 0. The van der Waals surface area contributed by atoms with Gasteiger partial charge in [0.05, 0.1) is 0 Å². The number of Topliss-reactive ketones (excluding diaryl/α,β-unsaturated/α-hetero) is 1. The largest absolute Gasteiger partial charge is 0.299 e. The van der Waals surface area contributed by atoms with Crippen LogP contribution in [-0.2, 0) is 4.79 Å². The first kappa shape index (κ1) is 12.1. The molecule has 16 heavy (non-hydrogen) atoms. The Balaban J connectivity index is 1.48. The second-order valence-electron chi connectivity index (χ2n) is 5.91. The lowest BCUT2D eigenvalue weighted by atomic mass is 9.94. The smallest absolute Gasteiger partial charge is 0.135 e. The molecule has 0 spiro atoms. The van der Waals surface area contributed by atoms with Gasteiger partial charge in [-0.3, -0.25) is 4.79 Å². The summed E-state index contributed by atoms with van der Waals surface area (Å²) in [7, 11) is 0. The quantitative estimate of drug-likeness (QED) is 0.558. The molecule has 0 aliphatic heterocycles. The number of carbonyl (C=O) groups excluding carboxylic acids is 1. The molecule has 0 bridgehead atoms. The summed E-state index contributed by atoms with van der Waals surface area (Å²) >= 11 is 0. The molecule has 2 atom stereocenters. The lowest BCUT2D eigenvalue weighted by Crippen LogP contribution is -2.12. The SMILES string of the molecule is CCCCCCCCC(=O)C1CC2CC2C1. The number of hydrogen-bond donors (Lipinski definition) is 0. The Morgan fingerprint density at radius 3 is 2.25 bits per heavy atom. The third kappa shape index (κ3) is 3.33. The molecule has 2 aliphatic rings. The molecule has 0 radical (unpaired) electrons. The van der Waals surface area contributed by atoms with Crippen LogP contribution in [0.5, 0.6) is 0 Å². The Labute approximate surface area is 100.0 Å². The zero-order chi connectivity index (χ0) is 11.4. The van der Waals surface area contributed by atoms with Crippen LogP contribution in [0.25, 0.3) is 0 Å². The first-order valence-corrected chi connectivity index (χ1v) is 7.34. The van der Waals surface area contributed by atoms with Crippen LogP contribution in [0.15, 0.2) is 0 Å². The Morgan fingerprint density at radius 2 is 1.56 bits per heavy atom. The summed E-state index contributed by atoms with van der Waals surface area (Å²) in [6.07, 6.45) is 12.6. The van der Waals surface area contributed by atoms with E-state index in [2.05, 4.69) is 6.92 Å². The minimum Gasteiger partial charge on any atom is -0.299 e. The van der Waals surface area contributed by atoms with E-state index in [-0.39, 0.29) is 0 Å². The number of unbranched alkanes of at least 4 members (excludes halogenated alkanes) is 5. The van der Waals surface area contributed by atoms with Gasteiger partial charge in [-0.15, -0.1) is 0 Å². The van der Waals surface area contributed by atoms with Crippen LogP contribution in [0.4, 0.5) is 0 Å². The topological polar surface area (TPSA) is 17.1 Å². The van der Waals surface area contributed by atoms with Crippen molar-refractivity contribution in [3.63, 3.8) is 0 Å². The predicted octanol–water partition coefficient (Wildman–Crippen LogP) is 4.35. The molecule has 1 nitrogen and oxygen atoms in total. The van der Waals surface area contributed by atoms with Gasteiger partial charge in [0.2, 0.25) is 0 Å². The van der Waals surface area contributed by atoms with Gasteiger partial charge in [-0.05, 0) is 37.5 Å². The van der Waals surface area contributed by atoms with Gasteiger partial charge in [-0.1, -0.05) is 39.0 Å². The van der Waals surface area contributed by atoms with Gasteiger partial charge in [-0.2, -0.15) is 0 Å². The van der Waals surface area contributed by atoms with E-state index in [1.807, 2.05) is 0 Å². The minimum atomic E-state index is 0.472. The number of ketones is 1. The summed E-state index contributed by atoms with van der Waals surface area (Å²) in [5.41, 5.74) is 0. The van der Waals surface area contributed by atoms with Crippen LogP contribution in [0, 0.1) is 17.8 Å². The summed E-state index contributed by atoms with van der Waals surface area (Å²) in [5.74, 6) is 2.97. The molecular weight excluding hydrogens is 196 g/mol. The molecule has 0 aromatic carbocycles. The molecule has 2 unspecified atom stereocenters. The number of rotatable bonds is 8. The standard InChI is InChI=1S/C15H26O/c1-2-3-4-5-6-7-8-15(16)14-10-12-9-13(12)11-14/h12-14H,2-11H2,1H3. The number of hydrogen-bond acceptors (Lipinski definition) is 1. The van der Waals surface area contributed by atoms with Crippen LogP contribution in [0.3, 0.4) is 0 Å². The molecule has 0 aromatic rings. The number of fused-ring (bicyclic) bond motifs is 1. The first-order chi connectivity index (χ1) is 7.81. The fraction of sp³-hybridized carbons (Fsp3) is 0.933.